The van der Waals surface area contributed by atoms with E-state index >= 15 is 0 Å². The Bertz CT molecular complexity index is 853. The van der Waals surface area contributed by atoms with E-state index in [4.69, 9.17) is 4.52 Å². The molecule has 30 heavy (non-hydrogen) atoms. The van der Waals surface area contributed by atoms with Crippen molar-refractivity contribution >= 4 is 20.1 Å². The molecule has 0 spiro atoms. The third-order valence-corrected chi connectivity index (χ3v) is 6.84. The van der Waals surface area contributed by atoms with Crippen LogP contribution in [0.15, 0.2) is 41.5 Å². The van der Waals surface area contributed by atoms with Gasteiger partial charge in [0.25, 0.3) is 0 Å². The van der Waals surface area contributed by atoms with E-state index in [1.54, 1.807) is 12.1 Å². The van der Waals surface area contributed by atoms with Crippen LogP contribution in [0.5, 0.6) is 0 Å². The first-order valence-electron chi connectivity index (χ1n) is 10.00. The van der Waals surface area contributed by atoms with E-state index in [1.807, 2.05) is 6.08 Å². The molecule has 1 aliphatic carbocycles. The van der Waals surface area contributed by atoms with Crippen molar-refractivity contribution in [3.8, 4) is 0 Å². The fourth-order valence-electron chi connectivity index (χ4n) is 4.23. The Balaban J connectivity index is 2.38. The lowest BCUT2D eigenvalue weighted by Gasteiger charge is -2.41. The summed E-state index contributed by atoms with van der Waals surface area (Å²) in [6, 6.07) is 6.02. The third-order valence-electron chi connectivity index (χ3n) is 5.35. The highest BCUT2D eigenvalue weighted by Gasteiger charge is 2.45. The van der Waals surface area contributed by atoms with Gasteiger partial charge in [-0.1, -0.05) is 45.9 Å². The molecule has 0 amide bonds. The lowest BCUT2D eigenvalue weighted by Crippen LogP contribution is -2.31. The van der Waals surface area contributed by atoms with Crippen LogP contribution in [0.1, 0.15) is 53.0 Å². The number of rotatable bonds is 8. The van der Waals surface area contributed by atoms with Gasteiger partial charge in [0, 0.05) is 0 Å². The summed E-state index contributed by atoms with van der Waals surface area (Å²) in [6.45, 7) is 9.89. The van der Waals surface area contributed by atoms with Gasteiger partial charge in [0.15, 0.2) is 0 Å². The normalized spacial score (nSPS) is 20.8. The zero-order valence-electron chi connectivity index (χ0n) is 18.2. The Kier molecular flexibility index (Phi) is 7.73. The topological polar surface area (TPSA) is 83.8 Å². The monoisotopic (exact) mass is 437 g/mol. The van der Waals surface area contributed by atoms with Gasteiger partial charge in [0.1, 0.15) is 18.5 Å². The fraction of sp³-hybridized carbons (Fsp3) is 0.522. The Morgan fingerprint density at radius 2 is 1.87 bits per heavy atom. The maximum absolute atomic E-state index is 13.3. The smallest absolute Gasteiger partial charge is 0.478 e. The van der Waals surface area contributed by atoms with E-state index in [0.717, 1.165) is 29.6 Å². The van der Waals surface area contributed by atoms with Gasteiger partial charge in [-0.05, 0) is 70.1 Å². The molecule has 0 radical (unpaired) electrons. The zero-order valence-corrected chi connectivity index (χ0v) is 19.1. The highest BCUT2D eigenvalue weighted by Crippen LogP contribution is 2.49. The number of allylic oxidation sites excluding steroid dienone is 1. The molecule has 2 rings (SSSR count). The van der Waals surface area contributed by atoms with E-state index in [0.29, 0.717) is 0 Å². The van der Waals surface area contributed by atoms with E-state index in [2.05, 4.69) is 33.8 Å². The lowest BCUT2D eigenvalue weighted by atomic mass is 9.63. The number of halogens is 1. The second-order valence-electron chi connectivity index (χ2n) is 9.35. The van der Waals surface area contributed by atoms with Crippen LogP contribution >= 0.6 is 8.03 Å². The summed E-state index contributed by atoms with van der Waals surface area (Å²) in [6.07, 6.45) is 4.50. The molecule has 0 saturated carbocycles. The molecule has 0 fully saturated rings. The zero-order chi connectivity index (χ0) is 22.7. The Hall–Kier alpha value is -1.88. The van der Waals surface area contributed by atoms with Crippen LogP contribution in [0.4, 0.5) is 4.39 Å². The summed E-state index contributed by atoms with van der Waals surface area (Å²) < 4.78 is 31.2. The standard InChI is InChI=1S/C23H30FO5P/c1-15(25)20(21(26)27)30(28)29-13-17(12-16-6-8-18(24)9-7-16)19-10-11-22(2,3)14-23(19,4)5/h6-10,12,15,20,25H,11,13-14H2,1-5H3/p+1. The maximum Gasteiger partial charge on any atom is 0.526 e. The summed E-state index contributed by atoms with van der Waals surface area (Å²) in [5, 5.41) is 18.9. The van der Waals surface area contributed by atoms with E-state index < -0.39 is 25.8 Å². The Morgan fingerprint density at radius 1 is 1.27 bits per heavy atom. The first-order chi connectivity index (χ1) is 13.8. The minimum absolute atomic E-state index is 0.0707. The first kappa shape index (κ1) is 24.4. The molecule has 1 aromatic carbocycles. The molecule has 2 N–H and O–H groups in total. The van der Waals surface area contributed by atoms with Crippen LogP contribution in [-0.2, 0) is 13.9 Å². The summed E-state index contributed by atoms with van der Waals surface area (Å²) >= 11 is 0. The summed E-state index contributed by atoms with van der Waals surface area (Å²) in [4.78, 5) is 11.3. The molecular formula is C23H31FO5P+. The number of aliphatic hydroxyl groups is 1. The number of carboxylic acid groups (broad SMARTS) is 1. The van der Waals surface area contributed by atoms with Crippen molar-refractivity contribution in [3.63, 3.8) is 0 Å². The second kappa shape index (κ2) is 9.51. The SMILES string of the molecule is CC(O)C(C(=O)O)[P+](=O)OCC(=Cc1ccc(F)cc1)C1=CCC(C)(C)CC1(C)C. The molecule has 3 unspecified atom stereocenters. The molecule has 1 aromatic rings. The van der Waals surface area contributed by atoms with Gasteiger partial charge in [-0.15, -0.1) is 4.52 Å². The lowest BCUT2D eigenvalue weighted by molar-refractivity contribution is -0.138. The number of aliphatic carboxylic acids is 1. The first-order valence-corrected chi connectivity index (χ1v) is 11.2. The van der Waals surface area contributed by atoms with Gasteiger partial charge in [-0.3, -0.25) is 0 Å². The molecule has 0 aromatic heterocycles. The van der Waals surface area contributed by atoms with E-state index in [9.17, 15) is 24.0 Å². The van der Waals surface area contributed by atoms with Crippen molar-refractivity contribution in [2.45, 2.75) is 59.2 Å². The molecule has 0 bridgehead atoms. The Morgan fingerprint density at radius 3 is 2.37 bits per heavy atom. The van der Waals surface area contributed by atoms with Crippen molar-refractivity contribution in [1.82, 2.24) is 0 Å². The van der Waals surface area contributed by atoms with Gasteiger partial charge in [0.05, 0.1) is 0 Å². The highest BCUT2D eigenvalue weighted by molar-refractivity contribution is 7.41. The molecular weight excluding hydrogens is 406 g/mol. The quantitative estimate of drug-likeness (QED) is 0.519. The number of carboxylic acids is 1. The molecule has 7 heteroatoms. The van der Waals surface area contributed by atoms with Crippen molar-refractivity contribution < 1.29 is 28.5 Å². The molecule has 5 nitrogen and oxygen atoms in total. The van der Waals surface area contributed by atoms with Gasteiger partial charge >= 0.3 is 19.7 Å². The number of benzene rings is 1. The number of carbonyl (C=O) groups is 1. The highest BCUT2D eigenvalue weighted by atomic mass is 31.1. The Labute approximate surface area is 178 Å². The van der Waals surface area contributed by atoms with Gasteiger partial charge < -0.3 is 10.2 Å². The molecule has 3 atom stereocenters. The van der Waals surface area contributed by atoms with Gasteiger partial charge in [-0.2, -0.15) is 0 Å². The summed E-state index contributed by atoms with van der Waals surface area (Å²) in [5.74, 6) is -1.71. The van der Waals surface area contributed by atoms with Crippen LogP contribution in [-0.4, -0.2) is 34.6 Å². The van der Waals surface area contributed by atoms with Crippen LogP contribution in [0.3, 0.4) is 0 Å². The van der Waals surface area contributed by atoms with E-state index in [-0.39, 0.29) is 23.3 Å². The van der Waals surface area contributed by atoms with Crippen molar-refractivity contribution in [1.29, 1.82) is 0 Å². The third kappa shape index (κ3) is 6.31. The number of hydrogen-bond donors (Lipinski definition) is 2. The van der Waals surface area contributed by atoms with Crippen LogP contribution < -0.4 is 0 Å². The summed E-state index contributed by atoms with van der Waals surface area (Å²) in [7, 11) is -2.63. The van der Waals surface area contributed by atoms with Crippen molar-refractivity contribution in [2.24, 2.45) is 10.8 Å². The van der Waals surface area contributed by atoms with Crippen LogP contribution in [0.2, 0.25) is 0 Å². The predicted molar refractivity (Wildman–Crippen MR) is 116 cm³/mol. The second-order valence-corrected chi connectivity index (χ2v) is 10.7. The minimum atomic E-state index is -2.63. The summed E-state index contributed by atoms with van der Waals surface area (Å²) in [5.41, 5.74) is 1.02. The fourth-order valence-corrected chi connectivity index (χ4v) is 5.19. The number of hydrogen-bond acceptors (Lipinski definition) is 4. The predicted octanol–water partition coefficient (Wildman–Crippen LogP) is 5.57. The van der Waals surface area contributed by atoms with Crippen molar-refractivity contribution in [2.75, 3.05) is 6.61 Å². The molecule has 0 aliphatic heterocycles. The minimum Gasteiger partial charge on any atom is -0.478 e. The molecule has 164 valence electrons. The van der Waals surface area contributed by atoms with Crippen LogP contribution in [0, 0.1) is 16.6 Å². The average Bonchev–Trinajstić information content (AvgIpc) is 2.58. The van der Waals surface area contributed by atoms with Gasteiger partial charge in [-0.25, -0.2) is 9.18 Å². The average molecular weight is 437 g/mol. The van der Waals surface area contributed by atoms with Gasteiger partial charge in [0.2, 0.25) is 0 Å². The molecule has 1 aliphatic rings. The van der Waals surface area contributed by atoms with Crippen LogP contribution in [0.25, 0.3) is 6.08 Å². The molecule has 0 heterocycles. The largest absolute Gasteiger partial charge is 0.526 e. The molecule has 0 saturated heterocycles. The maximum atomic E-state index is 13.3. The van der Waals surface area contributed by atoms with Crippen molar-refractivity contribution in [3.05, 3.63) is 52.9 Å². The van der Waals surface area contributed by atoms with E-state index in [1.165, 1.54) is 19.1 Å². The number of aliphatic hydroxyl groups excluding tert-OH is 1.